The molecule has 7 heteroatoms. The van der Waals surface area contributed by atoms with Crippen molar-refractivity contribution >= 4 is 11.6 Å². The Morgan fingerprint density at radius 3 is 2.52 bits per heavy atom. The number of amides is 1. The van der Waals surface area contributed by atoms with Gasteiger partial charge in [0.2, 0.25) is 0 Å². The molecule has 4 aromatic rings. The number of carbonyl (C=O) groups excluding carboxylic acids is 1. The maximum Gasteiger partial charge on any atom is 0.280 e. The van der Waals surface area contributed by atoms with Crippen molar-refractivity contribution < 1.29 is 13.6 Å². The summed E-state index contributed by atoms with van der Waals surface area (Å²) in [6.45, 7) is 2.30. The van der Waals surface area contributed by atoms with Crippen LogP contribution in [0.25, 0.3) is 16.9 Å². The molecule has 0 aliphatic heterocycles. The average Bonchev–Trinajstić information content (AvgIpc) is 3.17. The van der Waals surface area contributed by atoms with E-state index in [0.29, 0.717) is 17.8 Å². The second-order valence-electron chi connectivity index (χ2n) is 6.69. The molecule has 0 fully saturated rings. The largest absolute Gasteiger partial charge is 0.348 e. The number of hydrogen-bond donors (Lipinski definition) is 1. The second-order valence-corrected chi connectivity index (χ2v) is 6.69. The first-order valence-electron chi connectivity index (χ1n) is 9.09. The molecule has 2 aromatic carbocycles. The number of aryl methyl sites for hydroxylation is 1. The molecule has 0 saturated carbocycles. The molecule has 0 aliphatic carbocycles. The van der Waals surface area contributed by atoms with E-state index in [4.69, 9.17) is 0 Å². The minimum atomic E-state index is -2.76. The number of aromatic nitrogens is 3. The maximum atomic E-state index is 13.6. The highest BCUT2D eigenvalue weighted by Crippen LogP contribution is 2.26. The number of carbonyl (C=O) groups is 1. The van der Waals surface area contributed by atoms with Crippen LogP contribution in [0.4, 0.5) is 8.78 Å². The lowest BCUT2D eigenvalue weighted by molar-refractivity contribution is 0.0952. The summed E-state index contributed by atoms with van der Waals surface area (Å²) >= 11 is 0. The van der Waals surface area contributed by atoms with E-state index >= 15 is 0 Å². The van der Waals surface area contributed by atoms with Gasteiger partial charge in [-0.3, -0.25) is 4.79 Å². The lowest BCUT2D eigenvalue weighted by Crippen LogP contribution is -2.23. The van der Waals surface area contributed by atoms with Crippen LogP contribution in [-0.2, 0) is 6.54 Å². The monoisotopic (exact) mass is 392 g/mol. The van der Waals surface area contributed by atoms with E-state index in [2.05, 4.69) is 15.4 Å². The summed E-state index contributed by atoms with van der Waals surface area (Å²) < 4.78 is 28.3. The van der Waals surface area contributed by atoms with Crippen molar-refractivity contribution in [2.24, 2.45) is 0 Å². The number of benzene rings is 2. The summed E-state index contributed by atoms with van der Waals surface area (Å²) in [4.78, 5) is 17.1. The Hall–Kier alpha value is -3.61. The van der Waals surface area contributed by atoms with Crippen molar-refractivity contribution in [3.05, 3.63) is 89.2 Å². The minimum Gasteiger partial charge on any atom is -0.348 e. The zero-order chi connectivity index (χ0) is 20.4. The molecule has 1 N–H and O–H groups in total. The quantitative estimate of drug-likeness (QED) is 0.541. The lowest BCUT2D eigenvalue weighted by atomic mass is 10.1. The fraction of sp³-hybridized carbons (Fsp3) is 0.136. The van der Waals surface area contributed by atoms with E-state index in [1.165, 1.54) is 12.3 Å². The van der Waals surface area contributed by atoms with Gasteiger partial charge in [-0.2, -0.15) is 5.10 Å². The van der Waals surface area contributed by atoms with Gasteiger partial charge in [-0.15, -0.1) is 0 Å². The number of nitrogens with one attached hydrogen (secondary N) is 1. The molecule has 0 radical (unpaired) electrons. The molecule has 0 unspecified atom stereocenters. The van der Waals surface area contributed by atoms with Gasteiger partial charge < -0.3 is 5.32 Å². The van der Waals surface area contributed by atoms with Crippen molar-refractivity contribution in [3.63, 3.8) is 0 Å². The van der Waals surface area contributed by atoms with Crippen LogP contribution < -0.4 is 5.32 Å². The molecule has 2 heterocycles. The van der Waals surface area contributed by atoms with Crippen LogP contribution in [0.1, 0.15) is 33.6 Å². The van der Waals surface area contributed by atoms with E-state index < -0.39 is 12.3 Å². The fourth-order valence-corrected chi connectivity index (χ4v) is 3.04. The molecule has 146 valence electrons. The summed E-state index contributed by atoms with van der Waals surface area (Å²) in [6, 6.07) is 18.1. The lowest BCUT2D eigenvalue weighted by Gasteiger charge is -2.09. The molecule has 0 atom stereocenters. The Kier molecular flexibility index (Phi) is 5.03. The minimum absolute atomic E-state index is 0.100. The fourth-order valence-electron chi connectivity index (χ4n) is 3.04. The standard InChI is InChI=1S/C22H18F2N4O/c1-14-7-9-15(10-8-14)12-25-22(29)17-13-26-28-19(20(23)24)11-18(27-21(17)28)16-5-3-2-4-6-16/h2-11,13,20H,12H2,1H3,(H,25,29). The summed E-state index contributed by atoms with van der Waals surface area (Å²) in [5.74, 6) is -0.418. The number of fused-ring (bicyclic) bond motifs is 1. The molecule has 0 bridgehead atoms. The highest BCUT2D eigenvalue weighted by atomic mass is 19.3. The topological polar surface area (TPSA) is 59.3 Å². The highest BCUT2D eigenvalue weighted by Gasteiger charge is 2.21. The van der Waals surface area contributed by atoms with E-state index in [1.54, 1.807) is 24.3 Å². The molecule has 4 rings (SSSR count). The first-order valence-corrected chi connectivity index (χ1v) is 9.09. The molecule has 2 aromatic heterocycles. The van der Waals surface area contributed by atoms with Gasteiger partial charge in [0.1, 0.15) is 11.3 Å². The van der Waals surface area contributed by atoms with Crippen LogP contribution in [0.5, 0.6) is 0 Å². The normalized spacial score (nSPS) is 11.2. The van der Waals surface area contributed by atoms with E-state index in [9.17, 15) is 13.6 Å². The van der Waals surface area contributed by atoms with E-state index in [1.807, 2.05) is 37.3 Å². The number of halogens is 2. The number of nitrogens with zero attached hydrogens (tertiary/aromatic N) is 3. The zero-order valence-corrected chi connectivity index (χ0v) is 15.6. The molecular formula is C22H18F2N4O. The predicted octanol–water partition coefficient (Wildman–Crippen LogP) is 4.57. The van der Waals surface area contributed by atoms with Gasteiger partial charge in [0.05, 0.1) is 11.9 Å². The van der Waals surface area contributed by atoms with Gasteiger partial charge in [0.15, 0.2) is 5.65 Å². The Balaban J connectivity index is 1.70. The van der Waals surface area contributed by atoms with Crippen LogP contribution in [0.3, 0.4) is 0 Å². The van der Waals surface area contributed by atoms with Crippen LogP contribution >= 0.6 is 0 Å². The van der Waals surface area contributed by atoms with E-state index in [-0.39, 0.29) is 16.9 Å². The van der Waals surface area contributed by atoms with Crippen LogP contribution in [0.2, 0.25) is 0 Å². The van der Waals surface area contributed by atoms with Gasteiger partial charge >= 0.3 is 0 Å². The van der Waals surface area contributed by atoms with Crippen molar-refractivity contribution in [1.82, 2.24) is 19.9 Å². The van der Waals surface area contributed by atoms with Crippen molar-refractivity contribution in [1.29, 1.82) is 0 Å². The van der Waals surface area contributed by atoms with Gasteiger partial charge in [-0.25, -0.2) is 18.3 Å². The first-order chi connectivity index (χ1) is 14.0. The van der Waals surface area contributed by atoms with Crippen LogP contribution in [0, 0.1) is 6.92 Å². The number of rotatable bonds is 5. The first kappa shape index (κ1) is 18.7. The van der Waals surface area contributed by atoms with Crippen molar-refractivity contribution in [2.75, 3.05) is 0 Å². The third-order valence-electron chi connectivity index (χ3n) is 4.61. The average molecular weight is 392 g/mol. The number of hydrogen-bond acceptors (Lipinski definition) is 3. The van der Waals surface area contributed by atoms with Gasteiger partial charge in [0, 0.05) is 12.1 Å². The highest BCUT2D eigenvalue weighted by molar-refractivity contribution is 5.99. The van der Waals surface area contributed by atoms with Gasteiger partial charge in [-0.05, 0) is 18.6 Å². The van der Waals surface area contributed by atoms with Gasteiger partial charge in [0.25, 0.3) is 12.3 Å². The van der Waals surface area contributed by atoms with Crippen LogP contribution in [0.15, 0.2) is 66.9 Å². The predicted molar refractivity (Wildman–Crippen MR) is 106 cm³/mol. The third-order valence-corrected chi connectivity index (χ3v) is 4.61. The molecule has 5 nitrogen and oxygen atoms in total. The van der Waals surface area contributed by atoms with Crippen LogP contribution in [-0.4, -0.2) is 20.5 Å². The zero-order valence-electron chi connectivity index (χ0n) is 15.6. The molecule has 0 aliphatic rings. The Morgan fingerprint density at radius 1 is 1.10 bits per heavy atom. The molecule has 1 amide bonds. The second kappa shape index (κ2) is 7.79. The maximum absolute atomic E-state index is 13.6. The third kappa shape index (κ3) is 3.85. The molecule has 29 heavy (non-hydrogen) atoms. The Morgan fingerprint density at radius 2 is 1.83 bits per heavy atom. The molecule has 0 saturated heterocycles. The summed E-state index contributed by atoms with van der Waals surface area (Å²) in [6.07, 6.45) is -1.49. The van der Waals surface area contributed by atoms with E-state index in [0.717, 1.165) is 15.6 Å². The van der Waals surface area contributed by atoms with Crippen molar-refractivity contribution in [3.8, 4) is 11.3 Å². The Labute approximate surface area is 166 Å². The Bertz CT molecular complexity index is 1150. The summed E-state index contributed by atoms with van der Waals surface area (Å²) in [5.41, 5.74) is 3.04. The summed E-state index contributed by atoms with van der Waals surface area (Å²) in [5, 5.41) is 6.78. The van der Waals surface area contributed by atoms with Crippen molar-refractivity contribution in [2.45, 2.75) is 19.9 Å². The molecule has 0 spiro atoms. The molecular weight excluding hydrogens is 374 g/mol. The SMILES string of the molecule is Cc1ccc(CNC(=O)c2cnn3c(C(F)F)cc(-c4ccccc4)nc23)cc1. The van der Waals surface area contributed by atoms with Gasteiger partial charge in [-0.1, -0.05) is 60.2 Å². The number of alkyl halides is 2. The smallest absolute Gasteiger partial charge is 0.280 e. The summed E-state index contributed by atoms with van der Waals surface area (Å²) in [7, 11) is 0.